The number of hydrogen-bond donors (Lipinski definition) is 0. The molecular formula is C30H43NSSn. The molecule has 0 bridgehead atoms. The average molecular weight is 568 g/mol. The summed E-state index contributed by atoms with van der Waals surface area (Å²) in [7, 11) is 0. The first-order valence-electron chi connectivity index (χ1n) is 13.1. The second-order valence-electron chi connectivity index (χ2n) is 9.74. The number of rotatable bonds is 13. The molecule has 0 N–H and O–H groups in total. The van der Waals surface area contributed by atoms with Crippen molar-refractivity contribution in [1.82, 2.24) is 0 Å². The van der Waals surface area contributed by atoms with E-state index in [1.54, 1.807) is 2.89 Å². The van der Waals surface area contributed by atoms with Crippen LogP contribution in [0.4, 0.5) is 16.4 Å². The standard InChI is InChI=1S/C18H16NS.3C4H9.Sn/c1-14-5-9-16(10-6-14)19(18-4-3-13-20-18)17-11-7-15(2)8-12-17;3*1-3-4-2;/h3-12H,1-2H3;3*1,3-4H2,2H3;. The maximum absolute atomic E-state index is 2.55. The molecule has 0 unspecified atom stereocenters. The van der Waals surface area contributed by atoms with E-state index in [2.05, 4.69) is 112 Å². The molecule has 33 heavy (non-hydrogen) atoms. The van der Waals surface area contributed by atoms with Gasteiger partial charge in [0.15, 0.2) is 0 Å². The molecule has 178 valence electrons. The van der Waals surface area contributed by atoms with Crippen molar-refractivity contribution in [2.24, 2.45) is 0 Å². The van der Waals surface area contributed by atoms with Crippen LogP contribution in [0.15, 0.2) is 60.7 Å². The molecule has 1 heterocycles. The fraction of sp³-hybridized carbons (Fsp3) is 0.467. The Balaban J connectivity index is 2.05. The monoisotopic (exact) mass is 569 g/mol. The van der Waals surface area contributed by atoms with Gasteiger partial charge in [-0.1, -0.05) is 0 Å². The first-order valence-corrected chi connectivity index (χ1v) is 21.4. The third-order valence-electron chi connectivity index (χ3n) is 6.95. The van der Waals surface area contributed by atoms with Gasteiger partial charge < -0.3 is 0 Å². The second kappa shape index (κ2) is 13.0. The Morgan fingerprint density at radius 3 is 1.42 bits per heavy atom. The van der Waals surface area contributed by atoms with Crippen LogP contribution in [-0.2, 0) is 0 Å². The molecule has 0 saturated heterocycles. The summed E-state index contributed by atoms with van der Waals surface area (Å²) in [5.41, 5.74) is 5.13. The summed E-state index contributed by atoms with van der Waals surface area (Å²) in [6, 6.07) is 23.0. The molecule has 0 atom stereocenters. The topological polar surface area (TPSA) is 3.24 Å². The van der Waals surface area contributed by atoms with Gasteiger partial charge in [-0.15, -0.1) is 0 Å². The van der Waals surface area contributed by atoms with E-state index in [0.29, 0.717) is 0 Å². The number of nitrogens with zero attached hydrogens (tertiary/aromatic N) is 1. The number of anilines is 3. The Bertz CT molecular complexity index is 890. The quantitative estimate of drug-likeness (QED) is 0.186. The number of unbranched alkanes of at least 4 members (excludes halogenated alkanes) is 3. The summed E-state index contributed by atoms with van der Waals surface area (Å²) in [4.78, 5) is 2.48. The molecule has 3 aromatic rings. The van der Waals surface area contributed by atoms with Crippen LogP contribution in [0.2, 0.25) is 13.3 Å². The van der Waals surface area contributed by atoms with Crippen molar-refractivity contribution < 1.29 is 0 Å². The zero-order valence-corrected chi connectivity index (χ0v) is 25.2. The molecule has 0 fully saturated rings. The summed E-state index contributed by atoms with van der Waals surface area (Å²) in [5.74, 6) is 0. The molecule has 0 aliphatic heterocycles. The van der Waals surface area contributed by atoms with Crippen molar-refractivity contribution in [2.45, 2.75) is 86.5 Å². The Kier molecular flexibility index (Phi) is 10.4. The molecule has 3 heteroatoms. The van der Waals surface area contributed by atoms with Crippen molar-refractivity contribution in [3.05, 3.63) is 71.8 Å². The molecule has 1 nitrogen and oxygen atoms in total. The van der Waals surface area contributed by atoms with E-state index in [9.17, 15) is 0 Å². The van der Waals surface area contributed by atoms with E-state index < -0.39 is 18.4 Å². The van der Waals surface area contributed by atoms with Gasteiger partial charge in [-0.05, 0) is 0 Å². The Hall–Kier alpha value is -1.26. The fourth-order valence-electron chi connectivity index (χ4n) is 4.81. The molecule has 0 saturated carbocycles. The van der Waals surface area contributed by atoms with Gasteiger partial charge in [0.1, 0.15) is 0 Å². The third-order valence-corrected chi connectivity index (χ3v) is 26.3. The normalized spacial score (nSPS) is 11.7. The predicted octanol–water partition coefficient (Wildman–Crippen LogP) is 9.89. The van der Waals surface area contributed by atoms with Crippen molar-refractivity contribution in [3.63, 3.8) is 0 Å². The molecule has 0 aliphatic rings. The van der Waals surface area contributed by atoms with E-state index in [4.69, 9.17) is 0 Å². The summed E-state index contributed by atoms with van der Waals surface area (Å²) >= 11 is -0.302. The van der Waals surface area contributed by atoms with Crippen LogP contribution in [0.25, 0.3) is 0 Å². The maximum atomic E-state index is 2.55. The number of hydrogen-bond acceptors (Lipinski definition) is 2. The van der Waals surface area contributed by atoms with Crippen LogP contribution in [0, 0.1) is 13.8 Å². The third kappa shape index (κ3) is 6.88. The van der Waals surface area contributed by atoms with E-state index in [1.807, 2.05) is 0 Å². The fourth-order valence-corrected chi connectivity index (χ4v) is 25.0. The first kappa shape index (κ1) is 26.3. The van der Waals surface area contributed by atoms with Crippen LogP contribution in [-0.4, -0.2) is 18.4 Å². The van der Waals surface area contributed by atoms with Gasteiger partial charge in [0.25, 0.3) is 0 Å². The second-order valence-corrected chi connectivity index (χ2v) is 25.0. The van der Waals surface area contributed by atoms with E-state index >= 15 is 0 Å². The molecule has 0 aliphatic carbocycles. The molecular weight excluding hydrogens is 525 g/mol. The Labute approximate surface area is 211 Å². The van der Waals surface area contributed by atoms with Crippen molar-refractivity contribution in [3.8, 4) is 0 Å². The number of thiophene rings is 1. The number of aryl methyl sites for hydroxylation is 2. The molecule has 0 spiro atoms. The molecule has 1 aromatic heterocycles. The zero-order chi connectivity index (χ0) is 23.7. The van der Waals surface area contributed by atoms with E-state index in [1.165, 1.54) is 79.3 Å². The van der Waals surface area contributed by atoms with Crippen molar-refractivity contribution in [1.29, 1.82) is 0 Å². The average Bonchev–Trinajstić information content (AvgIpc) is 3.32. The van der Waals surface area contributed by atoms with Crippen LogP contribution in [0.1, 0.15) is 70.4 Å². The Morgan fingerprint density at radius 1 is 0.606 bits per heavy atom. The van der Waals surface area contributed by atoms with Crippen LogP contribution in [0.5, 0.6) is 0 Å². The first-order chi connectivity index (χ1) is 16.0. The molecule has 3 rings (SSSR count). The van der Waals surface area contributed by atoms with E-state index in [-0.39, 0.29) is 0 Å². The summed E-state index contributed by atoms with van der Waals surface area (Å²) in [5, 5.41) is 1.38. The minimum atomic E-state index is -2.42. The zero-order valence-electron chi connectivity index (χ0n) is 21.5. The summed E-state index contributed by atoms with van der Waals surface area (Å²) in [6.07, 6.45) is 8.22. The van der Waals surface area contributed by atoms with Crippen LogP contribution >= 0.6 is 11.3 Å². The Morgan fingerprint density at radius 2 is 1.03 bits per heavy atom. The van der Waals surface area contributed by atoms with Gasteiger partial charge in [0.05, 0.1) is 0 Å². The van der Waals surface area contributed by atoms with Crippen LogP contribution in [0.3, 0.4) is 0 Å². The predicted molar refractivity (Wildman–Crippen MR) is 153 cm³/mol. The summed E-state index contributed by atoms with van der Waals surface area (Å²) in [6.45, 7) is 11.4. The number of benzene rings is 2. The molecule has 0 radical (unpaired) electrons. The van der Waals surface area contributed by atoms with Gasteiger partial charge in [0, 0.05) is 0 Å². The van der Waals surface area contributed by atoms with Gasteiger partial charge in [-0.3, -0.25) is 0 Å². The minimum absolute atomic E-state index is 1.26. The van der Waals surface area contributed by atoms with Gasteiger partial charge in [-0.2, -0.15) is 0 Å². The van der Waals surface area contributed by atoms with E-state index in [0.717, 1.165) is 0 Å². The van der Waals surface area contributed by atoms with Gasteiger partial charge in [0.2, 0.25) is 0 Å². The molecule has 0 amide bonds. The van der Waals surface area contributed by atoms with Crippen molar-refractivity contribution in [2.75, 3.05) is 4.90 Å². The molecule has 2 aromatic carbocycles. The van der Waals surface area contributed by atoms with Crippen LogP contribution < -0.4 is 7.79 Å². The summed E-state index contributed by atoms with van der Waals surface area (Å²) < 4.78 is 6.39. The van der Waals surface area contributed by atoms with Crippen molar-refractivity contribution >= 4 is 49.0 Å². The SMILES string of the molecule is CCC[CH2][Sn]([CH2]CCC)([CH2]CCC)[c]1ccc(N(c2ccc(C)cc2)c2ccc(C)cc2)s1. The van der Waals surface area contributed by atoms with Gasteiger partial charge in [-0.25, -0.2) is 0 Å². The van der Waals surface area contributed by atoms with Gasteiger partial charge >= 0.3 is 212 Å².